The van der Waals surface area contributed by atoms with Gasteiger partial charge in [-0.15, -0.1) is 0 Å². The van der Waals surface area contributed by atoms with Crippen LogP contribution in [0.25, 0.3) is 0 Å². The van der Waals surface area contributed by atoms with Gasteiger partial charge in [-0.05, 0) is 123 Å². The lowest BCUT2D eigenvalue weighted by Gasteiger charge is -2.20. The monoisotopic (exact) mass is 910 g/mol. The number of nitrogens with zero attached hydrogens (tertiary/aromatic N) is 2. The largest absolute Gasteiger partial charge is 0.322 e. The molecular formula is C44H34Cl4N8O6. The molecule has 6 N–H and O–H groups in total. The van der Waals surface area contributed by atoms with Crippen molar-refractivity contribution < 1.29 is 28.8 Å². The molecule has 314 valence electrons. The summed E-state index contributed by atoms with van der Waals surface area (Å²) >= 11 is 24.9. The number of hydrogen-bond acceptors (Lipinski definition) is 12. The Morgan fingerprint density at radius 2 is 0.855 bits per heavy atom. The second-order valence-corrected chi connectivity index (χ2v) is 15.5. The Morgan fingerprint density at radius 1 is 0.484 bits per heavy atom. The van der Waals surface area contributed by atoms with E-state index in [9.17, 15) is 39.3 Å². The molecule has 2 amide bonds. The number of amides is 2. The second kappa shape index (κ2) is 20.3. The Kier molecular flexibility index (Phi) is 15.2. The van der Waals surface area contributed by atoms with E-state index in [4.69, 9.17) is 46.4 Å². The van der Waals surface area contributed by atoms with Crippen molar-refractivity contribution in [2.75, 3.05) is 21.5 Å². The molecule has 0 aliphatic carbocycles. The number of nitrogens with one attached hydrogen (secondary N) is 6. The van der Waals surface area contributed by atoms with Crippen molar-refractivity contribution >= 4 is 104 Å². The molecule has 0 saturated carbocycles. The summed E-state index contributed by atoms with van der Waals surface area (Å²) in [6.07, 6.45) is 0. The molecule has 0 radical (unpaired) electrons. The summed E-state index contributed by atoms with van der Waals surface area (Å²) in [5.41, 5.74) is 13.6. The Balaban J connectivity index is 1.33. The fraction of sp³-hybridized carbons (Fsp3) is 0.136. The van der Waals surface area contributed by atoms with Crippen LogP contribution < -0.4 is 32.3 Å². The van der Waals surface area contributed by atoms with Gasteiger partial charge < -0.3 is 21.5 Å². The molecular weight excluding hydrogens is 878 g/mol. The highest BCUT2D eigenvalue weighted by molar-refractivity contribution is 6.34. The number of anilines is 4. The fourth-order valence-corrected chi connectivity index (χ4v) is 6.63. The van der Waals surface area contributed by atoms with Crippen LogP contribution in [-0.2, 0) is 9.59 Å². The number of aryl methyl sites for hydroxylation is 4. The SMILES string of the molecule is Cc1ccc(Cl)cc1NC(=O)c1ccc(Cl)c(NNC(C(=O)C#N)C(=O)c2cc(C)c(C(=O)C(NNc3cc(C(=O)Nc4cc(Cl)ccc4C)ccc3Cl)C(=O)C#N)cc2C)c1. The van der Waals surface area contributed by atoms with Gasteiger partial charge in [-0.3, -0.25) is 28.8 Å². The van der Waals surface area contributed by atoms with Crippen molar-refractivity contribution in [1.29, 1.82) is 10.5 Å². The molecule has 0 heterocycles. The minimum Gasteiger partial charge on any atom is -0.322 e. The van der Waals surface area contributed by atoms with Crippen LogP contribution in [0.1, 0.15) is 63.7 Å². The van der Waals surface area contributed by atoms with Crippen LogP contribution in [0.5, 0.6) is 0 Å². The second-order valence-electron chi connectivity index (χ2n) is 13.8. The Morgan fingerprint density at radius 3 is 1.21 bits per heavy atom. The number of benzene rings is 5. The summed E-state index contributed by atoms with van der Waals surface area (Å²) in [5.74, 6) is -5.09. The lowest BCUT2D eigenvalue weighted by molar-refractivity contribution is -0.115. The zero-order valence-electron chi connectivity index (χ0n) is 33.1. The third kappa shape index (κ3) is 11.0. The number of Topliss-reactive ketones (excluding diaryl/α,β-unsaturated/α-hetero) is 4. The first-order valence-electron chi connectivity index (χ1n) is 18.3. The number of carbonyl (C=O) groups is 6. The first-order valence-corrected chi connectivity index (χ1v) is 19.8. The average Bonchev–Trinajstić information content (AvgIpc) is 3.24. The third-order valence-electron chi connectivity index (χ3n) is 9.43. The highest BCUT2D eigenvalue weighted by Crippen LogP contribution is 2.28. The molecule has 2 unspecified atom stereocenters. The predicted molar refractivity (Wildman–Crippen MR) is 238 cm³/mol. The van der Waals surface area contributed by atoms with Crippen LogP contribution in [0.3, 0.4) is 0 Å². The normalized spacial score (nSPS) is 11.6. The summed E-state index contributed by atoms with van der Waals surface area (Å²) < 4.78 is 0. The Labute approximate surface area is 375 Å². The maximum Gasteiger partial charge on any atom is 0.258 e. The summed E-state index contributed by atoms with van der Waals surface area (Å²) in [5, 5.41) is 25.7. The summed E-state index contributed by atoms with van der Waals surface area (Å²) in [6.45, 7) is 6.52. The van der Waals surface area contributed by atoms with Crippen LogP contribution in [0.15, 0.2) is 84.9 Å². The van der Waals surface area contributed by atoms with E-state index < -0.39 is 47.0 Å². The zero-order chi connectivity index (χ0) is 45.4. The minimum atomic E-state index is -1.79. The molecule has 5 aromatic carbocycles. The van der Waals surface area contributed by atoms with Gasteiger partial charge >= 0.3 is 0 Å². The summed E-state index contributed by atoms with van der Waals surface area (Å²) in [7, 11) is 0. The molecule has 18 heteroatoms. The van der Waals surface area contributed by atoms with Gasteiger partial charge in [0.05, 0.1) is 21.4 Å². The molecule has 0 spiro atoms. The molecule has 5 rings (SSSR count). The van der Waals surface area contributed by atoms with Gasteiger partial charge in [-0.25, -0.2) is 10.9 Å². The van der Waals surface area contributed by atoms with Crippen LogP contribution in [0, 0.1) is 50.4 Å². The fourth-order valence-electron chi connectivity index (χ4n) is 5.96. The lowest BCUT2D eigenvalue weighted by atomic mass is 9.90. The summed E-state index contributed by atoms with van der Waals surface area (Å²) in [6, 6.07) is 20.4. The van der Waals surface area contributed by atoms with Crippen molar-refractivity contribution in [1.82, 2.24) is 10.9 Å². The molecule has 0 saturated heterocycles. The molecule has 0 aliphatic rings. The van der Waals surface area contributed by atoms with Crippen molar-refractivity contribution in [2.45, 2.75) is 39.8 Å². The van der Waals surface area contributed by atoms with E-state index >= 15 is 0 Å². The van der Waals surface area contributed by atoms with Crippen LogP contribution >= 0.6 is 46.4 Å². The van der Waals surface area contributed by atoms with Gasteiger partial charge in [0.15, 0.2) is 23.7 Å². The smallest absolute Gasteiger partial charge is 0.258 e. The van der Waals surface area contributed by atoms with Crippen molar-refractivity contribution in [2.24, 2.45) is 0 Å². The van der Waals surface area contributed by atoms with E-state index in [1.54, 1.807) is 50.2 Å². The first-order chi connectivity index (χ1) is 29.4. The van der Waals surface area contributed by atoms with Gasteiger partial charge in [0.1, 0.15) is 12.1 Å². The predicted octanol–water partition coefficient (Wildman–Crippen LogP) is 8.56. The molecule has 2 atom stereocenters. The number of rotatable bonds is 16. The highest BCUT2D eigenvalue weighted by Gasteiger charge is 2.32. The summed E-state index contributed by atoms with van der Waals surface area (Å²) in [4.78, 5) is 79.7. The molecule has 0 aliphatic heterocycles. The van der Waals surface area contributed by atoms with Gasteiger partial charge in [0.25, 0.3) is 23.4 Å². The maximum absolute atomic E-state index is 13.9. The number of halogens is 4. The molecule has 5 aromatic rings. The van der Waals surface area contributed by atoms with Crippen LogP contribution in [0.2, 0.25) is 20.1 Å². The average molecular weight is 913 g/mol. The molecule has 0 bridgehead atoms. The number of ketones is 4. The zero-order valence-corrected chi connectivity index (χ0v) is 36.1. The van der Waals surface area contributed by atoms with E-state index in [2.05, 4.69) is 32.3 Å². The minimum absolute atomic E-state index is 0.0536. The number of hydrogen-bond donors (Lipinski definition) is 6. The molecule has 62 heavy (non-hydrogen) atoms. The maximum atomic E-state index is 13.9. The van der Waals surface area contributed by atoms with Gasteiger partial charge in [0, 0.05) is 43.7 Å². The van der Waals surface area contributed by atoms with Gasteiger partial charge in [-0.1, -0.05) is 58.5 Å². The molecule has 14 nitrogen and oxygen atoms in total. The molecule has 0 aromatic heterocycles. The quantitative estimate of drug-likeness (QED) is 0.0237. The topological polar surface area (TPSA) is 222 Å². The Hall–Kier alpha value is -6.62. The van der Waals surface area contributed by atoms with Gasteiger partial charge in [0.2, 0.25) is 0 Å². The number of hydrazine groups is 2. The highest BCUT2D eigenvalue weighted by atomic mass is 35.5. The van der Waals surface area contributed by atoms with E-state index in [0.29, 0.717) is 21.4 Å². The van der Waals surface area contributed by atoms with Crippen molar-refractivity contribution in [3.63, 3.8) is 0 Å². The first kappa shape index (κ1) is 46.4. The van der Waals surface area contributed by atoms with Crippen LogP contribution in [-0.4, -0.2) is 47.0 Å². The van der Waals surface area contributed by atoms with E-state index in [1.165, 1.54) is 74.5 Å². The lowest BCUT2D eigenvalue weighted by Crippen LogP contribution is -2.47. The third-order valence-corrected chi connectivity index (χ3v) is 10.6. The van der Waals surface area contributed by atoms with E-state index in [1.807, 2.05) is 0 Å². The standard InChI is InChI=1S/C44H34Cl4N8O6/c1-21-5-9-27(45)17-33(21)51-43(61)25-7-11-31(47)35(15-25)53-55-39(37(57)19-49)41(59)29-13-24(4)30(14-23(29)3)42(60)40(38(58)20-50)56-54-36-16-26(8-12-32(36)48)44(62)52-34-18-28(46)10-6-22(34)2/h5-18,39-40,53-56H,1-4H3,(H,51,61)(H,52,62). The van der Waals surface area contributed by atoms with Crippen molar-refractivity contribution in [3.05, 3.63) is 150 Å². The van der Waals surface area contributed by atoms with Crippen molar-refractivity contribution in [3.8, 4) is 12.1 Å². The number of carbonyl (C=O) groups excluding carboxylic acids is 6. The van der Waals surface area contributed by atoms with E-state index in [-0.39, 0.29) is 54.8 Å². The van der Waals surface area contributed by atoms with Gasteiger partial charge in [-0.2, -0.15) is 10.5 Å². The van der Waals surface area contributed by atoms with Crippen LogP contribution in [0.4, 0.5) is 22.7 Å². The number of nitriles is 2. The Bertz CT molecular complexity index is 2580. The molecule has 0 fully saturated rings. The van der Waals surface area contributed by atoms with E-state index in [0.717, 1.165) is 11.1 Å².